The second-order valence-electron chi connectivity index (χ2n) is 3.94. The van der Waals surface area contributed by atoms with Gasteiger partial charge in [-0.05, 0) is 23.3 Å². The van der Waals surface area contributed by atoms with E-state index in [4.69, 9.17) is 34.8 Å². The van der Waals surface area contributed by atoms with Crippen molar-refractivity contribution >= 4 is 50.7 Å². The minimum atomic E-state index is -1.38. The van der Waals surface area contributed by atoms with Gasteiger partial charge >= 0.3 is 0 Å². The van der Waals surface area contributed by atoms with Gasteiger partial charge in [-0.15, -0.1) is 0 Å². The van der Waals surface area contributed by atoms with Crippen LogP contribution in [0.25, 0.3) is 0 Å². The van der Waals surface area contributed by atoms with E-state index in [1.54, 1.807) is 0 Å². The summed E-state index contributed by atoms with van der Waals surface area (Å²) >= 11 is 21.8. The Bertz CT molecular complexity index is 503. The Kier molecular flexibility index (Phi) is 4.60. The van der Waals surface area contributed by atoms with Gasteiger partial charge in [-0.2, -0.15) is 0 Å². The minimum absolute atomic E-state index is 0.281. The lowest BCUT2D eigenvalue weighted by molar-refractivity contribution is 0.839. The Hall–Kier alpha value is -0.210. The summed E-state index contributed by atoms with van der Waals surface area (Å²) in [5.41, 5.74) is 1.96. The van der Waals surface area contributed by atoms with E-state index in [1.807, 2.05) is 54.6 Å². The molecule has 0 N–H and O–H groups in total. The summed E-state index contributed by atoms with van der Waals surface area (Å²) in [5.74, 6) is -0.281. The van der Waals surface area contributed by atoms with Gasteiger partial charge < -0.3 is 0 Å². The Morgan fingerprint density at radius 2 is 1.28 bits per heavy atom. The van der Waals surface area contributed by atoms with Gasteiger partial charge in [0.25, 0.3) is 0 Å². The van der Waals surface area contributed by atoms with Crippen LogP contribution in [0.5, 0.6) is 0 Å². The first kappa shape index (κ1) is 14.2. The van der Waals surface area contributed by atoms with E-state index < -0.39 is 3.79 Å². The molecular weight excluding hydrogens is 354 g/mol. The van der Waals surface area contributed by atoms with Crippen molar-refractivity contribution in [2.45, 2.75) is 9.71 Å². The molecule has 2 rings (SSSR count). The summed E-state index contributed by atoms with van der Waals surface area (Å²) in [6.07, 6.45) is 0. The fourth-order valence-corrected chi connectivity index (χ4v) is 2.89. The molecule has 18 heavy (non-hydrogen) atoms. The first-order valence-electron chi connectivity index (χ1n) is 5.35. The quantitative estimate of drug-likeness (QED) is 0.578. The number of halogens is 4. The summed E-state index contributed by atoms with van der Waals surface area (Å²) < 4.78 is -0.378. The lowest BCUT2D eigenvalue weighted by Crippen LogP contribution is -2.18. The van der Waals surface area contributed by atoms with Gasteiger partial charge in [0.05, 0.1) is 5.92 Å². The zero-order valence-corrected chi connectivity index (χ0v) is 13.1. The van der Waals surface area contributed by atoms with Gasteiger partial charge in [0.15, 0.2) is 0 Å². The summed E-state index contributed by atoms with van der Waals surface area (Å²) in [7, 11) is 0. The van der Waals surface area contributed by atoms with Gasteiger partial charge in [0, 0.05) is 4.47 Å². The molecule has 1 unspecified atom stereocenters. The number of benzene rings is 2. The van der Waals surface area contributed by atoms with Gasteiger partial charge in [-0.25, -0.2) is 0 Å². The smallest absolute Gasteiger partial charge is 0.0826 e. The molecule has 94 valence electrons. The van der Waals surface area contributed by atoms with Crippen LogP contribution in [-0.4, -0.2) is 3.79 Å². The van der Waals surface area contributed by atoms with E-state index >= 15 is 0 Å². The zero-order chi connectivity index (χ0) is 13.2. The largest absolute Gasteiger partial charge is 0.201 e. The third-order valence-electron chi connectivity index (χ3n) is 2.66. The van der Waals surface area contributed by atoms with Crippen molar-refractivity contribution in [2.24, 2.45) is 0 Å². The molecule has 1 atom stereocenters. The van der Waals surface area contributed by atoms with Crippen LogP contribution < -0.4 is 0 Å². The van der Waals surface area contributed by atoms with Gasteiger partial charge in [0.2, 0.25) is 3.79 Å². The maximum absolute atomic E-state index is 6.13. The second kappa shape index (κ2) is 5.83. The molecule has 0 radical (unpaired) electrons. The van der Waals surface area contributed by atoms with Crippen molar-refractivity contribution in [3.63, 3.8) is 0 Å². The van der Waals surface area contributed by atoms with Gasteiger partial charge in [-0.1, -0.05) is 93.2 Å². The highest BCUT2D eigenvalue weighted by molar-refractivity contribution is 9.10. The fraction of sp³-hybridized carbons (Fsp3) is 0.143. The summed E-state index contributed by atoms with van der Waals surface area (Å²) in [5, 5.41) is 0. The van der Waals surface area contributed by atoms with Crippen LogP contribution in [0.4, 0.5) is 0 Å². The van der Waals surface area contributed by atoms with Crippen LogP contribution in [0.1, 0.15) is 17.0 Å². The molecule has 0 saturated heterocycles. The highest BCUT2D eigenvalue weighted by atomic mass is 79.9. The van der Waals surface area contributed by atoms with Crippen LogP contribution in [0.2, 0.25) is 0 Å². The highest BCUT2D eigenvalue weighted by Crippen LogP contribution is 2.45. The third kappa shape index (κ3) is 3.42. The van der Waals surface area contributed by atoms with Crippen molar-refractivity contribution in [1.82, 2.24) is 0 Å². The standard InChI is InChI=1S/C14H10BrCl3/c15-12-8-6-11(7-9-12)13(14(16,17)18)10-4-2-1-3-5-10/h1-9,13H. The Balaban J connectivity index is 2.47. The predicted molar refractivity (Wildman–Crippen MR) is 82.7 cm³/mol. The molecule has 0 nitrogen and oxygen atoms in total. The molecule has 0 heterocycles. The van der Waals surface area contributed by atoms with Crippen molar-refractivity contribution < 1.29 is 0 Å². The van der Waals surface area contributed by atoms with Gasteiger partial charge in [0.1, 0.15) is 0 Å². The van der Waals surface area contributed by atoms with Crippen molar-refractivity contribution in [2.75, 3.05) is 0 Å². The normalized spacial score (nSPS) is 13.3. The summed E-state index contributed by atoms with van der Waals surface area (Å²) in [6, 6.07) is 17.6. The summed E-state index contributed by atoms with van der Waals surface area (Å²) in [4.78, 5) is 0. The molecule has 4 heteroatoms. The second-order valence-corrected chi connectivity index (χ2v) is 7.22. The van der Waals surface area contributed by atoms with Crippen molar-refractivity contribution in [3.8, 4) is 0 Å². The third-order valence-corrected chi connectivity index (χ3v) is 3.85. The van der Waals surface area contributed by atoms with E-state index in [2.05, 4.69) is 15.9 Å². The van der Waals surface area contributed by atoms with Crippen LogP contribution in [0.3, 0.4) is 0 Å². The monoisotopic (exact) mass is 362 g/mol. The molecule has 0 bridgehead atoms. The average molecular weight is 364 g/mol. The van der Waals surface area contributed by atoms with Crippen molar-refractivity contribution in [1.29, 1.82) is 0 Å². The molecule has 0 aliphatic rings. The van der Waals surface area contributed by atoms with E-state index in [-0.39, 0.29) is 5.92 Å². The molecule has 0 aliphatic heterocycles. The lowest BCUT2D eigenvalue weighted by Gasteiger charge is -2.25. The maximum atomic E-state index is 6.13. The highest BCUT2D eigenvalue weighted by Gasteiger charge is 2.34. The van der Waals surface area contributed by atoms with Crippen LogP contribution in [0.15, 0.2) is 59.1 Å². The molecule has 0 spiro atoms. The molecule has 2 aromatic rings. The predicted octanol–water partition coefficient (Wildman–Crippen LogP) is 5.95. The van der Waals surface area contributed by atoms with Crippen LogP contribution >= 0.6 is 50.7 Å². The zero-order valence-electron chi connectivity index (χ0n) is 9.29. The number of alkyl halides is 3. The Morgan fingerprint density at radius 3 is 1.78 bits per heavy atom. The van der Waals surface area contributed by atoms with Gasteiger partial charge in [-0.3, -0.25) is 0 Å². The van der Waals surface area contributed by atoms with E-state index in [0.717, 1.165) is 15.6 Å². The molecule has 0 saturated carbocycles. The number of hydrogen-bond acceptors (Lipinski definition) is 0. The van der Waals surface area contributed by atoms with Crippen LogP contribution in [-0.2, 0) is 0 Å². The fourth-order valence-electron chi connectivity index (χ4n) is 1.87. The first-order chi connectivity index (χ1) is 8.48. The minimum Gasteiger partial charge on any atom is -0.0826 e. The van der Waals surface area contributed by atoms with E-state index in [0.29, 0.717) is 0 Å². The number of hydrogen-bond donors (Lipinski definition) is 0. The lowest BCUT2D eigenvalue weighted by atomic mass is 9.93. The Morgan fingerprint density at radius 1 is 0.778 bits per heavy atom. The molecular formula is C14H10BrCl3. The van der Waals surface area contributed by atoms with E-state index in [1.165, 1.54) is 0 Å². The molecule has 0 aromatic heterocycles. The summed E-state index contributed by atoms with van der Waals surface area (Å²) in [6.45, 7) is 0. The average Bonchev–Trinajstić information content (AvgIpc) is 2.32. The molecule has 0 aliphatic carbocycles. The topological polar surface area (TPSA) is 0 Å². The molecule has 2 aromatic carbocycles. The molecule has 0 amide bonds. The van der Waals surface area contributed by atoms with E-state index in [9.17, 15) is 0 Å². The maximum Gasteiger partial charge on any atom is 0.201 e. The van der Waals surface area contributed by atoms with Crippen molar-refractivity contribution in [3.05, 3.63) is 70.2 Å². The molecule has 0 fully saturated rings. The Labute approximate surface area is 130 Å². The van der Waals surface area contributed by atoms with Crippen LogP contribution in [0, 0.1) is 0 Å². The first-order valence-corrected chi connectivity index (χ1v) is 7.28. The SMILES string of the molecule is ClC(Cl)(Cl)C(c1ccccc1)c1ccc(Br)cc1. The number of rotatable bonds is 2.